The quantitative estimate of drug-likeness (QED) is 0.732. The highest BCUT2D eigenvalue weighted by atomic mass is 16.2. The lowest BCUT2D eigenvalue weighted by Gasteiger charge is -2.33. The third-order valence-corrected chi connectivity index (χ3v) is 3.63. The molecule has 3 nitrogen and oxygen atoms in total. The molecule has 3 heteroatoms. The Morgan fingerprint density at radius 2 is 2.25 bits per heavy atom. The van der Waals surface area contributed by atoms with Crippen molar-refractivity contribution in [3.8, 4) is 0 Å². The van der Waals surface area contributed by atoms with Crippen molar-refractivity contribution in [2.24, 2.45) is 5.92 Å². The molecule has 1 aliphatic carbocycles. The summed E-state index contributed by atoms with van der Waals surface area (Å²) in [6.45, 7) is 7.60. The summed E-state index contributed by atoms with van der Waals surface area (Å²) in [6.07, 6.45) is 6.52. The van der Waals surface area contributed by atoms with Crippen LogP contribution in [0, 0.1) is 5.92 Å². The molecule has 0 aromatic rings. The summed E-state index contributed by atoms with van der Waals surface area (Å²) in [7, 11) is 0. The Morgan fingerprint density at radius 1 is 1.50 bits per heavy atom. The molecule has 90 valence electrons. The van der Waals surface area contributed by atoms with Gasteiger partial charge in [-0.15, -0.1) is 6.58 Å². The third kappa shape index (κ3) is 2.46. The number of hydrogen-bond acceptors (Lipinski definition) is 2. The van der Waals surface area contributed by atoms with Crippen LogP contribution in [0.5, 0.6) is 0 Å². The molecule has 2 aliphatic rings. The number of nitrogens with one attached hydrogen (secondary N) is 1. The van der Waals surface area contributed by atoms with E-state index in [4.69, 9.17) is 0 Å². The Kier molecular flexibility index (Phi) is 3.64. The van der Waals surface area contributed by atoms with Gasteiger partial charge in [0.1, 0.15) is 0 Å². The Hall–Kier alpha value is -0.830. The van der Waals surface area contributed by atoms with Crippen molar-refractivity contribution in [3.63, 3.8) is 0 Å². The van der Waals surface area contributed by atoms with Gasteiger partial charge in [-0.25, -0.2) is 0 Å². The standard InChI is InChI=1S/C13H22N2O/c1-3-9-15(11-6-7-11)13(16)12-10(2)5-4-8-14-12/h3,10-12,14H,1,4-9H2,2H3. The van der Waals surface area contributed by atoms with E-state index in [1.807, 2.05) is 11.0 Å². The number of carbonyl (C=O) groups is 1. The van der Waals surface area contributed by atoms with Crippen LogP contribution in [0.3, 0.4) is 0 Å². The molecular formula is C13H22N2O. The first kappa shape index (κ1) is 11.6. The Labute approximate surface area is 97.9 Å². The fourth-order valence-corrected chi connectivity index (χ4v) is 2.50. The summed E-state index contributed by atoms with van der Waals surface area (Å²) < 4.78 is 0. The van der Waals surface area contributed by atoms with Gasteiger partial charge in [0.15, 0.2) is 0 Å². The van der Waals surface area contributed by atoms with E-state index in [9.17, 15) is 4.79 Å². The molecule has 2 atom stereocenters. The molecule has 0 aromatic heterocycles. The van der Waals surface area contributed by atoms with Gasteiger partial charge in [0.2, 0.25) is 5.91 Å². The molecule has 2 unspecified atom stereocenters. The Bertz CT molecular complexity index is 273. The molecule has 0 radical (unpaired) electrons. The topological polar surface area (TPSA) is 32.3 Å². The number of rotatable bonds is 4. The number of piperidine rings is 1. The molecule has 2 fully saturated rings. The van der Waals surface area contributed by atoms with Gasteiger partial charge >= 0.3 is 0 Å². The third-order valence-electron chi connectivity index (χ3n) is 3.63. The van der Waals surface area contributed by atoms with E-state index in [1.165, 1.54) is 19.3 Å². The van der Waals surface area contributed by atoms with Crippen LogP contribution in [0.1, 0.15) is 32.6 Å². The minimum absolute atomic E-state index is 0.0364. The Balaban J connectivity index is 1.99. The van der Waals surface area contributed by atoms with Crippen LogP contribution in [-0.4, -0.2) is 36.0 Å². The molecule has 1 saturated heterocycles. The van der Waals surface area contributed by atoms with Gasteiger partial charge in [-0.05, 0) is 38.1 Å². The summed E-state index contributed by atoms with van der Waals surface area (Å²) in [5.41, 5.74) is 0. The van der Waals surface area contributed by atoms with Crippen LogP contribution in [-0.2, 0) is 4.79 Å². The number of carbonyl (C=O) groups excluding carboxylic acids is 1. The van der Waals surface area contributed by atoms with Crippen LogP contribution in [0.4, 0.5) is 0 Å². The molecule has 0 spiro atoms. The average Bonchev–Trinajstić information content (AvgIpc) is 3.09. The fourth-order valence-electron chi connectivity index (χ4n) is 2.50. The fraction of sp³-hybridized carbons (Fsp3) is 0.769. The predicted molar refractivity (Wildman–Crippen MR) is 65.1 cm³/mol. The molecule has 0 bridgehead atoms. The predicted octanol–water partition coefficient (Wildman–Crippen LogP) is 1.55. The van der Waals surface area contributed by atoms with Crippen LogP contribution in [0.2, 0.25) is 0 Å². The van der Waals surface area contributed by atoms with Gasteiger partial charge in [0.05, 0.1) is 6.04 Å². The van der Waals surface area contributed by atoms with Crippen LogP contribution >= 0.6 is 0 Å². The second-order valence-electron chi connectivity index (χ2n) is 5.06. The van der Waals surface area contributed by atoms with E-state index in [1.54, 1.807) is 0 Å². The zero-order valence-electron chi connectivity index (χ0n) is 10.1. The lowest BCUT2D eigenvalue weighted by molar-refractivity contribution is -0.135. The smallest absolute Gasteiger partial charge is 0.240 e. The van der Waals surface area contributed by atoms with Crippen LogP contribution < -0.4 is 5.32 Å². The second kappa shape index (κ2) is 5.00. The van der Waals surface area contributed by atoms with E-state index in [0.29, 0.717) is 18.5 Å². The minimum Gasteiger partial charge on any atom is -0.335 e. The molecule has 1 N–H and O–H groups in total. The molecule has 1 heterocycles. The summed E-state index contributed by atoms with van der Waals surface area (Å²) in [6, 6.07) is 0.524. The lowest BCUT2D eigenvalue weighted by Crippen LogP contribution is -2.52. The second-order valence-corrected chi connectivity index (χ2v) is 5.06. The zero-order valence-corrected chi connectivity index (χ0v) is 10.1. The maximum atomic E-state index is 12.4. The summed E-state index contributed by atoms with van der Waals surface area (Å²) >= 11 is 0. The molecule has 1 saturated carbocycles. The maximum absolute atomic E-state index is 12.4. The first-order valence-corrected chi connectivity index (χ1v) is 6.38. The van der Waals surface area contributed by atoms with E-state index in [-0.39, 0.29) is 11.9 Å². The normalized spacial score (nSPS) is 29.8. The summed E-state index contributed by atoms with van der Waals surface area (Å²) in [5.74, 6) is 0.752. The van der Waals surface area contributed by atoms with Gasteiger partial charge in [0, 0.05) is 12.6 Å². The molecule has 2 rings (SSSR count). The van der Waals surface area contributed by atoms with Crippen molar-refractivity contribution in [1.29, 1.82) is 0 Å². The number of amides is 1. The maximum Gasteiger partial charge on any atom is 0.240 e. The molecule has 1 aliphatic heterocycles. The van der Waals surface area contributed by atoms with Crippen molar-refractivity contribution in [2.45, 2.75) is 44.7 Å². The first-order chi connectivity index (χ1) is 7.74. The van der Waals surface area contributed by atoms with Crippen molar-refractivity contribution >= 4 is 5.91 Å². The largest absolute Gasteiger partial charge is 0.335 e. The number of hydrogen-bond donors (Lipinski definition) is 1. The molecule has 1 amide bonds. The minimum atomic E-state index is 0.0364. The van der Waals surface area contributed by atoms with Crippen molar-refractivity contribution in [2.75, 3.05) is 13.1 Å². The van der Waals surface area contributed by atoms with Crippen molar-refractivity contribution in [1.82, 2.24) is 10.2 Å². The highest BCUT2D eigenvalue weighted by molar-refractivity contribution is 5.83. The molecule has 16 heavy (non-hydrogen) atoms. The van der Waals surface area contributed by atoms with Crippen molar-refractivity contribution in [3.05, 3.63) is 12.7 Å². The van der Waals surface area contributed by atoms with E-state index < -0.39 is 0 Å². The SMILES string of the molecule is C=CCN(C(=O)C1NCCCC1C)C1CC1. The highest BCUT2D eigenvalue weighted by Gasteiger charge is 2.37. The summed E-state index contributed by atoms with van der Waals surface area (Å²) in [4.78, 5) is 14.4. The molecular weight excluding hydrogens is 200 g/mol. The molecule has 0 aromatic carbocycles. The highest BCUT2D eigenvalue weighted by Crippen LogP contribution is 2.29. The summed E-state index contributed by atoms with van der Waals surface area (Å²) in [5, 5.41) is 3.36. The van der Waals surface area contributed by atoms with Crippen LogP contribution in [0.15, 0.2) is 12.7 Å². The monoisotopic (exact) mass is 222 g/mol. The zero-order chi connectivity index (χ0) is 11.5. The van der Waals surface area contributed by atoms with Crippen LogP contribution in [0.25, 0.3) is 0 Å². The van der Waals surface area contributed by atoms with Gasteiger partial charge in [-0.2, -0.15) is 0 Å². The first-order valence-electron chi connectivity index (χ1n) is 6.38. The van der Waals surface area contributed by atoms with E-state index in [0.717, 1.165) is 13.0 Å². The average molecular weight is 222 g/mol. The lowest BCUT2D eigenvalue weighted by atomic mass is 9.91. The van der Waals surface area contributed by atoms with Gasteiger partial charge in [-0.3, -0.25) is 4.79 Å². The van der Waals surface area contributed by atoms with Gasteiger partial charge in [-0.1, -0.05) is 13.0 Å². The van der Waals surface area contributed by atoms with Crippen molar-refractivity contribution < 1.29 is 4.79 Å². The Morgan fingerprint density at radius 3 is 2.81 bits per heavy atom. The van der Waals surface area contributed by atoms with Gasteiger partial charge < -0.3 is 10.2 Å². The van der Waals surface area contributed by atoms with E-state index in [2.05, 4.69) is 18.8 Å². The van der Waals surface area contributed by atoms with Gasteiger partial charge in [0.25, 0.3) is 0 Å². The van der Waals surface area contributed by atoms with E-state index >= 15 is 0 Å². The number of nitrogens with zero attached hydrogens (tertiary/aromatic N) is 1.